The Morgan fingerprint density at radius 2 is 1.47 bits per heavy atom. The monoisotopic (exact) mass is 222 g/mol. The highest BCUT2D eigenvalue weighted by atomic mass is 16.3. The third-order valence-corrected chi connectivity index (χ3v) is 2.55. The fourth-order valence-corrected chi connectivity index (χ4v) is 1.53. The zero-order chi connectivity index (χ0) is 12.3. The van der Waals surface area contributed by atoms with Crippen LogP contribution in [0.15, 0.2) is 42.5 Å². The Balaban J connectivity index is 2.32. The van der Waals surface area contributed by atoms with Gasteiger partial charge in [-0.25, -0.2) is 0 Å². The van der Waals surface area contributed by atoms with Crippen molar-refractivity contribution in [2.45, 2.75) is 13.8 Å². The predicted molar refractivity (Wildman–Crippen MR) is 70.0 cm³/mol. The maximum absolute atomic E-state index is 9.65. The van der Waals surface area contributed by atoms with Crippen molar-refractivity contribution in [3.63, 3.8) is 0 Å². The number of phenols is 1. The summed E-state index contributed by atoms with van der Waals surface area (Å²) in [5, 5.41) is 9.65. The van der Waals surface area contributed by atoms with Crippen LogP contribution in [0.3, 0.4) is 0 Å². The molecule has 0 aromatic heterocycles. The van der Waals surface area contributed by atoms with E-state index in [-0.39, 0.29) is 5.75 Å². The van der Waals surface area contributed by atoms with Gasteiger partial charge in [-0.3, -0.25) is 0 Å². The van der Waals surface area contributed by atoms with E-state index >= 15 is 0 Å². The molecule has 0 aliphatic rings. The SMILES string of the molecule is Cc1ccc(C#Cc2cc(C)ccc2O)cc1. The van der Waals surface area contributed by atoms with Gasteiger partial charge in [-0.15, -0.1) is 0 Å². The van der Waals surface area contributed by atoms with Gasteiger partial charge in [-0.05, 0) is 43.7 Å². The van der Waals surface area contributed by atoms with Gasteiger partial charge in [0.1, 0.15) is 5.75 Å². The van der Waals surface area contributed by atoms with Crippen molar-refractivity contribution < 1.29 is 5.11 Å². The maximum atomic E-state index is 9.65. The molecule has 0 heterocycles. The average molecular weight is 222 g/mol. The molecule has 2 aromatic rings. The molecule has 0 spiro atoms. The molecule has 0 bridgehead atoms. The molecule has 17 heavy (non-hydrogen) atoms. The smallest absolute Gasteiger partial charge is 0.131 e. The minimum atomic E-state index is 0.232. The summed E-state index contributed by atoms with van der Waals surface area (Å²) in [5.74, 6) is 6.27. The van der Waals surface area contributed by atoms with Crippen LogP contribution >= 0.6 is 0 Å². The third kappa shape index (κ3) is 2.89. The van der Waals surface area contributed by atoms with Crippen molar-refractivity contribution in [1.82, 2.24) is 0 Å². The van der Waals surface area contributed by atoms with Crippen molar-refractivity contribution in [2.24, 2.45) is 0 Å². The first-order valence-electron chi connectivity index (χ1n) is 5.53. The van der Waals surface area contributed by atoms with E-state index in [9.17, 15) is 5.11 Å². The molecule has 0 aliphatic heterocycles. The van der Waals surface area contributed by atoms with Crippen LogP contribution in [-0.2, 0) is 0 Å². The molecule has 0 saturated carbocycles. The van der Waals surface area contributed by atoms with Crippen LogP contribution in [0.4, 0.5) is 0 Å². The highest BCUT2D eigenvalue weighted by Crippen LogP contribution is 2.16. The lowest BCUT2D eigenvalue weighted by molar-refractivity contribution is 0.473. The van der Waals surface area contributed by atoms with Crippen LogP contribution in [0.25, 0.3) is 0 Å². The van der Waals surface area contributed by atoms with E-state index in [2.05, 4.69) is 11.8 Å². The molecule has 0 atom stereocenters. The van der Waals surface area contributed by atoms with Gasteiger partial charge in [0.05, 0.1) is 5.56 Å². The third-order valence-electron chi connectivity index (χ3n) is 2.55. The van der Waals surface area contributed by atoms with Crippen LogP contribution in [0.5, 0.6) is 5.75 Å². The lowest BCUT2D eigenvalue weighted by atomic mass is 10.1. The van der Waals surface area contributed by atoms with Gasteiger partial charge in [0.2, 0.25) is 0 Å². The van der Waals surface area contributed by atoms with E-state index in [4.69, 9.17) is 0 Å². The predicted octanol–water partition coefficient (Wildman–Crippen LogP) is 3.41. The quantitative estimate of drug-likeness (QED) is 0.677. The van der Waals surface area contributed by atoms with E-state index in [1.165, 1.54) is 5.56 Å². The summed E-state index contributed by atoms with van der Waals surface area (Å²) in [6, 6.07) is 13.4. The first kappa shape index (κ1) is 11.3. The number of hydrogen-bond acceptors (Lipinski definition) is 1. The van der Waals surface area contributed by atoms with Crippen LogP contribution in [-0.4, -0.2) is 5.11 Å². The van der Waals surface area contributed by atoms with Crippen molar-refractivity contribution in [2.75, 3.05) is 0 Å². The Morgan fingerprint density at radius 1 is 0.824 bits per heavy atom. The Kier molecular flexibility index (Phi) is 3.16. The standard InChI is InChI=1S/C16H14O/c1-12-3-6-14(7-4-12)8-9-15-11-13(2)5-10-16(15)17/h3-7,10-11,17H,1-2H3. The summed E-state index contributed by atoms with van der Waals surface area (Å²) in [7, 11) is 0. The van der Waals surface area contributed by atoms with E-state index < -0.39 is 0 Å². The molecule has 1 heteroatoms. The van der Waals surface area contributed by atoms with Gasteiger partial charge in [0.25, 0.3) is 0 Å². The summed E-state index contributed by atoms with van der Waals surface area (Å²) < 4.78 is 0. The van der Waals surface area contributed by atoms with Gasteiger partial charge in [-0.2, -0.15) is 0 Å². The molecule has 0 fully saturated rings. The zero-order valence-corrected chi connectivity index (χ0v) is 9.99. The fraction of sp³-hybridized carbons (Fsp3) is 0.125. The van der Waals surface area contributed by atoms with Crippen LogP contribution in [0.2, 0.25) is 0 Å². The lowest BCUT2D eigenvalue weighted by Crippen LogP contribution is -1.80. The number of rotatable bonds is 0. The average Bonchev–Trinajstić information content (AvgIpc) is 2.32. The van der Waals surface area contributed by atoms with Crippen molar-refractivity contribution >= 4 is 0 Å². The minimum Gasteiger partial charge on any atom is -0.507 e. The molecule has 1 N–H and O–H groups in total. The van der Waals surface area contributed by atoms with Gasteiger partial charge in [0, 0.05) is 5.56 Å². The summed E-state index contributed by atoms with van der Waals surface area (Å²) in [4.78, 5) is 0. The van der Waals surface area contributed by atoms with Crippen LogP contribution in [0, 0.1) is 25.7 Å². The zero-order valence-electron chi connectivity index (χ0n) is 9.99. The van der Waals surface area contributed by atoms with Crippen LogP contribution in [0.1, 0.15) is 22.3 Å². The van der Waals surface area contributed by atoms with E-state index in [0.29, 0.717) is 5.56 Å². The summed E-state index contributed by atoms with van der Waals surface area (Å²) in [6.07, 6.45) is 0. The van der Waals surface area contributed by atoms with Crippen molar-refractivity contribution in [1.29, 1.82) is 0 Å². The molecule has 1 nitrogen and oxygen atoms in total. The minimum absolute atomic E-state index is 0.232. The number of benzene rings is 2. The van der Waals surface area contributed by atoms with E-state index in [1.54, 1.807) is 6.07 Å². The number of aromatic hydroxyl groups is 1. The summed E-state index contributed by atoms with van der Waals surface area (Å²) in [5.41, 5.74) is 3.94. The molecular weight excluding hydrogens is 208 g/mol. The van der Waals surface area contributed by atoms with Gasteiger partial charge in [0.15, 0.2) is 0 Å². The van der Waals surface area contributed by atoms with Crippen molar-refractivity contribution in [3.05, 3.63) is 64.7 Å². The molecule has 2 rings (SSSR count). The Labute approximate surface area is 102 Å². The molecule has 2 aromatic carbocycles. The second-order valence-corrected chi connectivity index (χ2v) is 4.14. The van der Waals surface area contributed by atoms with Gasteiger partial charge in [-0.1, -0.05) is 35.6 Å². The van der Waals surface area contributed by atoms with E-state index in [0.717, 1.165) is 11.1 Å². The largest absolute Gasteiger partial charge is 0.507 e. The topological polar surface area (TPSA) is 20.2 Å². The maximum Gasteiger partial charge on any atom is 0.131 e. The van der Waals surface area contributed by atoms with Gasteiger partial charge >= 0.3 is 0 Å². The Bertz CT molecular complexity index is 583. The molecule has 0 aliphatic carbocycles. The van der Waals surface area contributed by atoms with E-state index in [1.807, 2.05) is 50.2 Å². The van der Waals surface area contributed by atoms with Crippen LogP contribution < -0.4 is 0 Å². The molecule has 0 amide bonds. The molecule has 0 saturated heterocycles. The Hall–Kier alpha value is -2.20. The first-order valence-corrected chi connectivity index (χ1v) is 5.53. The molecule has 0 radical (unpaired) electrons. The highest BCUT2D eigenvalue weighted by Gasteiger charge is 1.96. The number of hydrogen-bond donors (Lipinski definition) is 1. The molecule has 0 unspecified atom stereocenters. The normalized spacial score (nSPS) is 9.53. The Morgan fingerprint density at radius 3 is 2.18 bits per heavy atom. The second-order valence-electron chi connectivity index (χ2n) is 4.14. The van der Waals surface area contributed by atoms with Crippen molar-refractivity contribution in [3.8, 4) is 17.6 Å². The van der Waals surface area contributed by atoms with Gasteiger partial charge < -0.3 is 5.11 Å². The second kappa shape index (κ2) is 4.76. The molecule has 84 valence electrons. The first-order chi connectivity index (χ1) is 8.15. The highest BCUT2D eigenvalue weighted by molar-refractivity contribution is 5.50. The summed E-state index contributed by atoms with van der Waals surface area (Å²) >= 11 is 0. The number of aryl methyl sites for hydroxylation is 2. The molecular formula is C16H14O. The number of phenolic OH excluding ortho intramolecular Hbond substituents is 1. The lowest BCUT2D eigenvalue weighted by Gasteiger charge is -1.98. The fourth-order valence-electron chi connectivity index (χ4n) is 1.53. The summed E-state index contributed by atoms with van der Waals surface area (Å²) in [6.45, 7) is 4.03.